The van der Waals surface area contributed by atoms with Gasteiger partial charge in [0, 0.05) is 43.5 Å². The number of nitrogens with zero attached hydrogens (tertiary/aromatic N) is 2. The predicted octanol–water partition coefficient (Wildman–Crippen LogP) is 1.85. The molecule has 0 spiro atoms. The van der Waals surface area contributed by atoms with Crippen LogP contribution >= 0.6 is 12.4 Å². The van der Waals surface area contributed by atoms with Gasteiger partial charge < -0.3 is 15.5 Å². The number of carbonyl (C=O) groups is 2. The van der Waals surface area contributed by atoms with E-state index in [1.54, 1.807) is 0 Å². The molecule has 2 aliphatic heterocycles. The van der Waals surface area contributed by atoms with Crippen LogP contribution in [0.25, 0.3) is 10.9 Å². The molecule has 2 aliphatic rings. The lowest BCUT2D eigenvalue weighted by Crippen LogP contribution is -2.49. The van der Waals surface area contributed by atoms with Crippen molar-refractivity contribution in [3.05, 3.63) is 30.0 Å². The van der Waals surface area contributed by atoms with Gasteiger partial charge in [0.2, 0.25) is 5.91 Å². The van der Waals surface area contributed by atoms with Crippen molar-refractivity contribution in [3.63, 3.8) is 0 Å². The number of carbonyl (C=O) groups excluding carboxylic acids is 2. The normalized spacial score (nSPS) is 23.7. The minimum atomic E-state index is -0.252. The predicted molar refractivity (Wildman–Crippen MR) is 106 cm³/mol. The maximum Gasteiger partial charge on any atom is 0.272 e. The van der Waals surface area contributed by atoms with E-state index in [0.717, 1.165) is 23.7 Å². The van der Waals surface area contributed by atoms with Crippen LogP contribution in [0.5, 0.6) is 0 Å². The van der Waals surface area contributed by atoms with Gasteiger partial charge in [-0.15, -0.1) is 12.4 Å². The number of hydrogen-bond donors (Lipinski definition) is 3. The summed E-state index contributed by atoms with van der Waals surface area (Å²) in [4.78, 5) is 26.7. The van der Waals surface area contributed by atoms with Gasteiger partial charge in [-0.25, -0.2) is 0 Å². The lowest BCUT2D eigenvalue weighted by Gasteiger charge is -2.35. The number of aromatic nitrogens is 2. The van der Waals surface area contributed by atoms with Gasteiger partial charge in [0.05, 0.1) is 5.52 Å². The van der Waals surface area contributed by atoms with Gasteiger partial charge in [0.25, 0.3) is 5.91 Å². The largest absolute Gasteiger partial charge is 0.350 e. The first kappa shape index (κ1) is 19.6. The third kappa shape index (κ3) is 4.09. The van der Waals surface area contributed by atoms with Crippen LogP contribution in [0.3, 0.4) is 0 Å². The zero-order valence-corrected chi connectivity index (χ0v) is 16.2. The highest BCUT2D eigenvalue weighted by Gasteiger charge is 2.36. The van der Waals surface area contributed by atoms with E-state index >= 15 is 0 Å². The maximum absolute atomic E-state index is 12.5. The third-order valence-electron chi connectivity index (χ3n) is 5.70. The summed E-state index contributed by atoms with van der Waals surface area (Å²) in [5, 5.41) is 14.1. The average molecular weight is 392 g/mol. The molecule has 27 heavy (non-hydrogen) atoms. The number of H-pyrrole nitrogens is 1. The van der Waals surface area contributed by atoms with E-state index in [-0.39, 0.29) is 24.2 Å². The first-order valence-electron chi connectivity index (χ1n) is 9.35. The van der Waals surface area contributed by atoms with E-state index in [1.165, 1.54) is 12.8 Å². The van der Waals surface area contributed by atoms with E-state index in [1.807, 2.05) is 36.2 Å². The molecule has 8 heteroatoms. The van der Waals surface area contributed by atoms with Gasteiger partial charge >= 0.3 is 0 Å². The van der Waals surface area contributed by atoms with Crippen LogP contribution in [0.15, 0.2) is 24.3 Å². The molecule has 2 bridgehead atoms. The van der Waals surface area contributed by atoms with E-state index in [2.05, 4.69) is 20.8 Å². The Kier molecular flexibility index (Phi) is 6.01. The van der Waals surface area contributed by atoms with E-state index in [9.17, 15) is 9.59 Å². The zero-order valence-electron chi connectivity index (χ0n) is 15.4. The Labute approximate surface area is 164 Å². The van der Waals surface area contributed by atoms with Gasteiger partial charge in [0.15, 0.2) is 5.69 Å². The highest BCUT2D eigenvalue weighted by molar-refractivity contribution is 6.04. The second-order valence-corrected chi connectivity index (χ2v) is 7.39. The zero-order chi connectivity index (χ0) is 18.1. The summed E-state index contributed by atoms with van der Waals surface area (Å²) in [6.45, 7) is 0.320. The Bertz CT molecular complexity index is 811. The summed E-state index contributed by atoms with van der Waals surface area (Å²) in [7, 11) is 1.89. The van der Waals surface area contributed by atoms with Crippen LogP contribution in [-0.4, -0.2) is 58.6 Å². The molecule has 0 aliphatic carbocycles. The molecule has 2 aromatic rings. The van der Waals surface area contributed by atoms with Crippen molar-refractivity contribution in [2.75, 3.05) is 13.6 Å². The lowest BCUT2D eigenvalue weighted by molar-refractivity contribution is -0.132. The molecular formula is C19H26ClN5O2. The minimum absolute atomic E-state index is 0. The smallest absolute Gasteiger partial charge is 0.272 e. The summed E-state index contributed by atoms with van der Waals surface area (Å²) < 4.78 is 0. The highest BCUT2D eigenvalue weighted by Crippen LogP contribution is 2.29. The Morgan fingerprint density at radius 2 is 1.93 bits per heavy atom. The Balaban J connectivity index is 0.00000210. The Morgan fingerprint density at radius 1 is 1.22 bits per heavy atom. The summed E-state index contributed by atoms with van der Waals surface area (Å²) >= 11 is 0. The quantitative estimate of drug-likeness (QED) is 0.725. The molecule has 146 valence electrons. The SMILES string of the molecule is CN(C(=O)CCNC(=O)c1n[nH]c2ccccc12)C1CC2CCC(C1)N2.Cl. The molecule has 2 fully saturated rings. The van der Waals surface area contributed by atoms with Crippen molar-refractivity contribution in [3.8, 4) is 0 Å². The molecule has 3 heterocycles. The molecule has 2 unspecified atom stereocenters. The summed E-state index contributed by atoms with van der Waals surface area (Å²) in [6.07, 6.45) is 4.81. The monoisotopic (exact) mass is 391 g/mol. The van der Waals surface area contributed by atoms with Crippen molar-refractivity contribution in [1.82, 2.24) is 25.7 Å². The van der Waals surface area contributed by atoms with Crippen LogP contribution in [0.2, 0.25) is 0 Å². The Morgan fingerprint density at radius 3 is 2.67 bits per heavy atom. The van der Waals surface area contributed by atoms with Gasteiger partial charge in [-0.05, 0) is 31.7 Å². The van der Waals surface area contributed by atoms with Gasteiger partial charge in [0.1, 0.15) is 0 Å². The van der Waals surface area contributed by atoms with Gasteiger partial charge in [-0.1, -0.05) is 18.2 Å². The number of piperidine rings is 1. The lowest BCUT2D eigenvalue weighted by atomic mass is 9.98. The van der Waals surface area contributed by atoms with Crippen molar-refractivity contribution in [2.45, 2.75) is 50.2 Å². The van der Waals surface area contributed by atoms with Crippen LogP contribution in [0.1, 0.15) is 42.6 Å². The summed E-state index contributed by atoms with van der Waals surface area (Å²) in [6, 6.07) is 8.93. The third-order valence-corrected chi connectivity index (χ3v) is 5.70. The van der Waals surface area contributed by atoms with Gasteiger partial charge in [-0.2, -0.15) is 5.10 Å². The Hall–Kier alpha value is -2.12. The molecule has 7 nitrogen and oxygen atoms in total. The topological polar surface area (TPSA) is 90.1 Å². The second-order valence-electron chi connectivity index (χ2n) is 7.39. The van der Waals surface area contributed by atoms with E-state index in [0.29, 0.717) is 36.8 Å². The minimum Gasteiger partial charge on any atom is -0.350 e. The van der Waals surface area contributed by atoms with E-state index < -0.39 is 0 Å². The van der Waals surface area contributed by atoms with Crippen molar-refractivity contribution in [2.24, 2.45) is 0 Å². The molecule has 2 amide bonds. The van der Waals surface area contributed by atoms with Crippen LogP contribution in [-0.2, 0) is 4.79 Å². The number of para-hydroxylation sites is 1. The molecule has 2 saturated heterocycles. The number of fused-ring (bicyclic) bond motifs is 3. The highest BCUT2D eigenvalue weighted by atomic mass is 35.5. The van der Waals surface area contributed by atoms with Gasteiger partial charge in [-0.3, -0.25) is 14.7 Å². The number of hydrogen-bond acceptors (Lipinski definition) is 4. The number of aromatic amines is 1. The fourth-order valence-corrected chi connectivity index (χ4v) is 4.23. The standard InChI is InChI=1S/C19H25N5O2.ClH/c1-24(14-10-12-6-7-13(11-14)21-12)17(25)8-9-20-19(26)18-15-4-2-3-5-16(15)22-23-18;/h2-5,12-14,21H,6-11H2,1H3,(H,20,26)(H,22,23);1H. The molecular weight excluding hydrogens is 366 g/mol. The van der Waals surface area contributed by atoms with Crippen LogP contribution in [0, 0.1) is 0 Å². The maximum atomic E-state index is 12.5. The second kappa shape index (κ2) is 8.27. The molecule has 4 rings (SSSR count). The van der Waals surface area contributed by atoms with Crippen LogP contribution in [0.4, 0.5) is 0 Å². The molecule has 3 N–H and O–H groups in total. The van der Waals surface area contributed by atoms with Crippen molar-refractivity contribution in [1.29, 1.82) is 0 Å². The number of amides is 2. The van der Waals surface area contributed by atoms with Crippen molar-refractivity contribution >= 4 is 35.1 Å². The summed E-state index contributed by atoms with van der Waals surface area (Å²) in [5.74, 6) is -0.165. The number of rotatable bonds is 5. The van der Waals surface area contributed by atoms with E-state index in [4.69, 9.17) is 0 Å². The fraction of sp³-hybridized carbons (Fsp3) is 0.526. The fourth-order valence-electron chi connectivity index (χ4n) is 4.23. The molecule has 0 radical (unpaired) electrons. The van der Waals surface area contributed by atoms with Crippen molar-refractivity contribution < 1.29 is 9.59 Å². The number of halogens is 1. The molecule has 1 aromatic heterocycles. The first-order valence-corrected chi connectivity index (χ1v) is 9.35. The molecule has 1 aromatic carbocycles. The number of nitrogens with one attached hydrogen (secondary N) is 3. The first-order chi connectivity index (χ1) is 12.6. The summed E-state index contributed by atoms with van der Waals surface area (Å²) in [5.41, 5.74) is 1.20. The van der Waals surface area contributed by atoms with Crippen LogP contribution < -0.4 is 10.6 Å². The average Bonchev–Trinajstić information content (AvgIpc) is 3.23. The molecule has 2 atom stereocenters. The number of benzene rings is 1. The molecule has 0 saturated carbocycles.